The van der Waals surface area contributed by atoms with Gasteiger partial charge >= 0.3 is 0 Å². The Hall–Kier alpha value is -3.93. The van der Waals surface area contributed by atoms with Crippen molar-refractivity contribution in [3.05, 3.63) is 100 Å². The van der Waals surface area contributed by atoms with Crippen molar-refractivity contribution in [3.8, 4) is 11.4 Å². The van der Waals surface area contributed by atoms with E-state index in [9.17, 15) is 9.59 Å². The third kappa shape index (κ3) is 4.65. The normalized spacial score (nSPS) is 11.4. The molecule has 0 aliphatic carbocycles. The fourth-order valence-electron chi connectivity index (χ4n) is 3.68. The van der Waals surface area contributed by atoms with Gasteiger partial charge in [0.1, 0.15) is 11.6 Å². The fourth-order valence-corrected chi connectivity index (χ4v) is 3.68. The quantitative estimate of drug-likeness (QED) is 0.490. The largest absolute Gasteiger partial charge is 0.497 e. The molecule has 1 heterocycles. The molecule has 6 heteroatoms. The van der Waals surface area contributed by atoms with Crippen LogP contribution in [0, 0.1) is 0 Å². The second kappa shape index (κ2) is 8.90. The topological polar surface area (TPSA) is 73.2 Å². The van der Waals surface area contributed by atoms with Crippen molar-refractivity contribution in [1.82, 2.24) is 14.9 Å². The monoisotopic (exact) mass is 441 g/mol. The maximum atomic E-state index is 13.3. The average Bonchev–Trinajstić information content (AvgIpc) is 2.82. The maximum Gasteiger partial charge on any atom is 0.266 e. The van der Waals surface area contributed by atoms with Crippen LogP contribution in [0.3, 0.4) is 0 Å². The van der Waals surface area contributed by atoms with E-state index in [1.807, 2.05) is 36.4 Å². The Labute approximate surface area is 192 Å². The lowest BCUT2D eigenvalue weighted by Gasteiger charge is -2.19. The number of rotatable bonds is 5. The molecule has 4 aromatic rings. The van der Waals surface area contributed by atoms with Gasteiger partial charge in [0.25, 0.3) is 11.5 Å². The first-order valence-electron chi connectivity index (χ1n) is 10.8. The van der Waals surface area contributed by atoms with Crippen LogP contribution >= 0.6 is 0 Å². The summed E-state index contributed by atoms with van der Waals surface area (Å²) in [5, 5.41) is 3.43. The smallest absolute Gasteiger partial charge is 0.266 e. The summed E-state index contributed by atoms with van der Waals surface area (Å²) in [7, 11) is 1.59. The van der Waals surface area contributed by atoms with Gasteiger partial charge in [-0.05, 0) is 59.5 Å². The Morgan fingerprint density at radius 1 is 0.970 bits per heavy atom. The summed E-state index contributed by atoms with van der Waals surface area (Å²) in [4.78, 5) is 30.8. The fraction of sp³-hybridized carbons (Fsp3) is 0.222. The summed E-state index contributed by atoms with van der Waals surface area (Å²) in [5.41, 5.74) is 2.78. The van der Waals surface area contributed by atoms with Gasteiger partial charge in [0.05, 0.1) is 30.2 Å². The van der Waals surface area contributed by atoms with Gasteiger partial charge in [-0.15, -0.1) is 0 Å². The van der Waals surface area contributed by atoms with E-state index < -0.39 is 0 Å². The van der Waals surface area contributed by atoms with Crippen LogP contribution in [0.4, 0.5) is 0 Å². The van der Waals surface area contributed by atoms with Crippen LogP contribution in [-0.2, 0) is 12.0 Å². The highest BCUT2D eigenvalue weighted by atomic mass is 16.5. The van der Waals surface area contributed by atoms with Crippen LogP contribution in [0.1, 0.15) is 42.5 Å². The van der Waals surface area contributed by atoms with Crippen molar-refractivity contribution in [2.75, 3.05) is 7.11 Å². The highest BCUT2D eigenvalue weighted by Crippen LogP contribution is 2.22. The molecule has 3 aromatic carbocycles. The minimum absolute atomic E-state index is 0.0124. The third-order valence-corrected chi connectivity index (χ3v) is 5.60. The zero-order valence-electron chi connectivity index (χ0n) is 19.3. The van der Waals surface area contributed by atoms with Crippen molar-refractivity contribution in [2.45, 2.75) is 32.7 Å². The van der Waals surface area contributed by atoms with Crippen LogP contribution in [0.15, 0.2) is 77.6 Å². The number of amides is 1. The Balaban J connectivity index is 1.67. The first-order valence-corrected chi connectivity index (χ1v) is 10.8. The summed E-state index contributed by atoms with van der Waals surface area (Å²) < 4.78 is 6.77. The first kappa shape index (κ1) is 22.3. The lowest BCUT2D eigenvalue weighted by molar-refractivity contribution is 0.0949. The minimum atomic E-state index is -0.223. The van der Waals surface area contributed by atoms with Gasteiger partial charge in [-0.25, -0.2) is 4.98 Å². The van der Waals surface area contributed by atoms with Gasteiger partial charge < -0.3 is 10.1 Å². The van der Waals surface area contributed by atoms with E-state index in [2.05, 4.69) is 31.1 Å². The summed E-state index contributed by atoms with van der Waals surface area (Å²) in [6.45, 7) is 6.50. The molecule has 0 radical (unpaired) electrons. The van der Waals surface area contributed by atoms with E-state index in [4.69, 9.17) is 4.74 Å². The molecule has 1 N–H and O–H groups in total. The molecular weight excluding hydrogens is 414 g/mol. The lowest BCUT2D eigenvalue weighted by Crippen LogP contribution is -2.30. The third-order valence-electron chi connectivity index (χ3n) is 5.60. The molecule has 0 aliphatic rings. The zero-order valence-corrected chi connectivity index (χ0v) is 19.3. The number of carbonyl (C=O) groups is 1. The number of nitrogens with zero attached hydrogens (tertiary/aromatic N) is 2. The van der Waals surface area contributed by atoms with Crippen LogP contribution < -0.4 is 15.6 Å². The molecule has 1 aromatic heterocycles. The summed E-state index contributed by atoms with van der Waals surface area (Å²) >= 11 is 0. The summed E-state index contributed by atoms with van der Waals surface area (Å²) in [6.07, 6.45) is 0. The van der Waals surface area contributed by atoms with E-state index in [1.165, 1.54) is 4.57 Å². The van der Waals surface area contributed by atoms with Gasteiger partial charge in [0.15, 0.2) is 0 Å². The molecule has 1 amide bonds. The molecule has 0 unspecified atom stereocenters. The summed E-state index contributed by atoms with van der Waals surface area (Å²) in [5.74, 6) is 0.914. The van der Waals surface area contributed by atoms with E-state index >= 15 is 0 Å². The van der Waals surface area contributed by atoms with E-state index in [-0.39, 0.29) is 23.4 Å². The SMILES string of the molecule is COc1ccc(-n2c(CNC(=O)c3ccc(C(C)(C)C)cc3)nc3ccccc3c2=O)cc1. The van der Waals surface area contributed by atoms with Gasteiger partial charge in [-0.2, -0.15) is 0 Å². The molecule has 0 saturated heterocycles. The summed E-state index contributed by atoms with van der Waals surface area (Å²) in [6, 6.07) is 22.0. The van der Waals surface area contributed by atoms with Crippen LogP contribution in [0.2, 0.25) is 0 Å². The standard InChI is InChI=1S/C27H27N3O3/c1-27(2,3)19-11-9-18(10-12-19)25(31)28-17-24-29-23-8-6-5-7-22(23)26(32)30(24)20-13-15-21(33-4)16-14-20/h5-16H,17H2,1-4H3,(H,28,31). The number of ether oxygens (including phenoxy) is 1. The van der Waals surface area contributed by atoms with E-state index in [1.54, 1.807) is 43.5 Å². The number of aromatic nitrogens is 2. The number of methoxy groups -OCH3 is 1. The molecule has 0 spiro atoms. The van der Waals surface area contributed by atoms with Crippen molar-refractivity contribution in [1.29, 1.82) is 0 Å². The molecule has 0 atom stereocenters. The number of benzene rings is 3. The van der Waals surface area contributed by atoms with Crippen LogP contribution in [0.25, 0.3) is 16.6 Å². The number of fused-ring (bicyclic) bond motifs is 1. The Kier molecular flexibility index (Phi) is 6.01. The maximum absolute atomic E-state index is 13.3. The van der Waals surface area contributed by atoms with E-state index in [0.29, 0.717) is 33.7 Å². The highest BCUT2D eigenvalue weighted by Gasteiger charge is 2.16. The van der Waals surface area contributed by atoms with Crippen molar-refractivity contribution in [3.63, 3.8) is 0 Å². The van der Waals surface area contributed by atoms with Gasteiger partial charge in [0, 0.05) is 5.56 Å². The zero-order chi connectivity index (χ0) is 23.6. The van der Waals surface area contributed by atoms with Crippen molar-refractivity contribution < 1.29 is 9.53 Å². The Morgan fingerprint density at radius 3 is 2.27 bits per heavy atom. The predicted octanol–water partition coefficient (Wildman–Crippen LogP) is 4.62. The number of nitrogens with one attached hydrogen (secondary N) is 1. The molecule has 0 bridgehead atoms. The molecule has 0 fully saturated rings. The number of hydrogen-bond donors (Lipinski definition) is 1. The molecule has 4 rings (SSSR count). The number of para-hydroxylation sites is 1. The van der Waals surface area contributed by atoms with Gasteiger partial charge in [-0.3, -0.25) is 14.2 Å². The molecule has 6 nitrogen and oxygen atoms in total. The van der Waals surface area contributed by atoms with Crippen molar-refractivity contribution >= 4 is 16.8 Å². The molecule has 33 heavy (non-hydrogen) atoms. The Bertz CT molecular complexity index is 1350. The first-order chi connectivity index (χ1) is 15.8. The van der Waals surface area contributed by atoms with E-state index in [0.717, 1.165) is 5.56 Å². The molecular formula is C27H27N3O3. The van der Waals surface area contributed by atoms with Crippen LogP contribution in [0.5, 0.6) is 5.75 Å². The average molecular weight is 442 g/mol. The molecule has 0 saturated carbocycles. The predicted molar refractivity (Wildman–Crippen MR) is 130 cm³/mol. The van der Waals surface area contributed by atoms with Crippen molar-refractivity contribution in [2.24, 2.45) is 0 Å². The minimum Gasteiger partial charge on any atom is -0.497 e. The highest BCUT2D eigenvalue weighted by molar-refractivity contribution is 5.94. The second-order valence-corrected chi connectivity index (χ2v) is 8.89. The Morgan fingerprint density at radius 2 is 1.64 bits per heavy atom. The second-order valence-electron chi connectivity index (χ2n) is 8.89. The van der Waals surface area contributed by atoms with Gasteiger partial charge in [0.2, 0.25) is 0 Å². The molecule has 0 aliphatic heterocycles. The molecule has 168 valence electrons. The number of carbonyl (C=O) groups excluding carboxylic acids is 1. The lowest BCUT2D eigenvalue weighted by atomic mass is 9.87. The van der Waals surface area contributed by atoms with Crippen LogP contribution in [-0.4, -0.2) is 22.6 Å². The van der Waals surface area contributed by atoms with Gasteiger partial charge in [-0.1, -0.05) is 45.0 Å². The number of hydrogen-bond acceptors (Lipinski definition) is 4.